The first-order chi connectivity index (χ1) is 7.25. The molecular weight excluding hydrogens is 227 g/mol. The maximum absolute atomic E-state index is 11.5. The first kappa shape index (κ1) is 16.4. The summed E-state index contributed by atoms with van der Waals surface area (Å²) in [5.74, 6) is -1.37. The van der Waals surface area contributed by atoms with Crippen molar-refractivity contribution >= 4 is 11.8 Å². The van der Waals surface area contributed by atoms with Crippen molar-refractivity contribution in [3.05, 3.63) is 34.9 Å². The van der Waals surface area contributed by atoms with E-state index in [-0.39, 0.29) is 40.9 Å². The minimum atomic E-state index is -1.24. The maximum Gasteiger partial charge on any atom is 1.00 e. The quantitative estimate of drug-likeness (QED) is 0.471. The second-order valence-corrected chi connectivity index (χ2v) is 4.82. The Balaban J connectivity index is 0.00000256. The number of ketones is 1. The monoisotopic (exact) mass is 242 g/mol. The van der Waals surface area contributed by atoms with Gasteiger partial charge in [-0.3, -0.25) is 4.79 Å². The van der Waals surface area contributed by atoms with Gasteiger partial charge < -0.3 is 9.90 Å². The molecule has 17 heavy (non-hydrogen) atoms. The van der Waals surface area contributed by atoms with E-state index in [2.05, 4.69) is 0 Å². The third kappa shape index (κ3) is 3.66. The Labute approximate surface area is 124 Å². The van der Waals surface area contributed by atoms with Crippen molar-refractivity contribution in [1.29, 1.82) is 0 Å². The number of rotatable bonds is 2. The smallest absolute Gasteiger partial charge is 0.545 e. The molecule has 0 aliphatic heterocycles. The van der Waals surface area contributed by atoms with Crippen LogP contribution in [0, 0.1) is 0 Å². The number of benzene rings is 1. The van der Waals surface area contributed by atoms with Crippen LogP contribution in [-0.4, -0.2) is 11.8 Å². The average molecular weight is 242 g/mol. The Morgan fingerprint density at radius 1 is 1.12 bits per heavy atom. The zero-order valence-electron chi connectivity index (χ0n) is 11.0. The standard InChI is InChI=1S/C13H16O3.Na/c1-8(14)9-6-5-7-10(12(15)16)11(9)13(2,3)4;/h5-7H,1-4H3,(H,15,16);/q;+1/p-1. The second kappa shape index (κ2) is 5.80. The third-order valence-corrected chi connectivity index (χ3v) is 2.41. The van der Waals surface area contributed by atoms with E-state index in [1.54, 1.807) is 12.1 Å². The van der Waals surface area contributed by atoms with Crippen LogP contribution in [0.15, 0.2) is 18.2 Å². The molecule has 0 aliphatic carbocycles. The van der Waals surface area contributed by atoms with Crippen LogP contribution in [0.4, 0.5) is 0 Å². The zero-order valence-corrected chi connectivity index (χ0v) is 13.0. The van der Waals surface area contributed by atoms with Crippen LogP contribution in [0.5, 0.6) is 0 Å². The van der Waals surface area contributed by atoms with Gasteiger partial charge in [-0.25, -0.2) is 0 Å². The van der Waals surface area contributed by atoms with Gasteiger partial charge in [0.15, 0.2) is 5.78 Å². The van der Waals surface area contributed by atoms with Gasteiger partial charge >= 0.3 is 29.6 Å². The van der Waals surface area contributed by atoms with Crippen molar-refractivity contribution in [2.45, 2.75) is 33.1 Å². The number of Topliss-reactive ketones (excluding diaryl/α,β-unsaturated/α-hetero) is 1. The van der Waals surface area contributed by atoms with Gasteiger partial charge in [-0.2, -0.15) is 0 Å². The van der Waals surface area contributed by atoms with E-state index < -0.39 is 11.4 Å². The predicted octanol–water partition coefficient (Wildman–Crippen LogP) is -1.45. The fourth-order valence-corrected chi connectivity index (χ4v) is 1.82. The summed E-state index contributed by atoms with van der Waals surface area (Å²) in [4.78, 5) is 22.5. The number of hydrogen-bond acceptors (Lipinski definition) is 3. The van der Waals surface area contributed by atoms with Gasteiger partial charge in [0.2, 0.25) is 0 Å². The predicted molar refractivity (Wildman–Crippen MR) is 59.5 cm³/mol. The van der Waals surface area contributed by atoms with Crippen LogP contribution in [-0.2, 0) is 5.41 Å². The van der Waals surface area contributed by atoms with Crippen LogP contribution in [0.3, 0.4) is 0 Å². The van der Waals surface area contributed by atoms with Crippen molar-refractivity contribution in [3.63, 3.8) is 0 Å². The normalized spacial score (nSPS) is 10.6. The van der Waals surface area contributed by atoms with E-state index in [9.17, 15) is 14.7 Å². The van der Waals surface area contributed by atoms with E-state index in [1.165, 1.54) is 13.0 Å². The van der Waals surface area contributed by atoms with Crippen molar-refractivity contribution < 1.29 is 44.3 Å². The van der Waals surface area contributed by atoms with Gasteiger partial charge in [-0.15, -0.1) is 0 Å². The van der Waals surface area contributed by atoms with Crippen LogP contribution in [0.25, 0.3) is 0 Å². The Kier molecular flexibility index (Phi) is 5.59. The summed E-state index contributed by atoms with van der Waals surface area (Å²) in [5, 5.41) is 11.0. The molecule has 0 heterocycles. The molecular formula is C13H15NaO3. The molecule has 0 bridgehead atoms. The van der Waals surface area contributed by atoms with Crippen LogP contribution >= 0.6 is 0 Å². The molecule has 1 rings (SSSR count). The molecule has 1 aromatic carbocycles. The van der Waals surface area contributed by atoms with E-state index >= 15 is 0 Å². The summed E-state index contributed by atoms with van der Waals surface area (Å²) in [6.45, 7) is 7.06. The van der Waals surface area contributed by atoms with Crippen molar-refractivity contribution in [2.75, 3.05) is 0 Å². The zero-order chi connectivity index (χ0) is 12.5. The molecule has 0 radical (unpaired) electrons. The van der Waals surface area contributed by atoms with Crippen LogP contribution in [0.2, 0.25) is 0 Å². The number of hydrogen-bond donors (Lipinski definition) is 0. The summed E-state index contributed by atoms with van der Waals surface area (Å²) < 4.78 is 0. The molecule has 3 nitrogen and oxygen atoms in total. The molecule has 4 heteroatoms. The van der Waals surface area contributed by atoms with Gasteiger partial charge in [0, 0.05) is 11.1 Å². The number of carboxylic acids is 1. The molecule has 0 unspecified atom stereocenters. The van der Waals surface area contributed by atoms with Crippen molar-refractivity contribution in [2.24, 2.45) is 0 Å². The molecule has 0 saturated heterocycles. The summed E-state index contributed by atoms with van der Waals surface area (Å²) in [6.07, 6.45) is 0. The second-order valence-electron chi connectivity index (χ2n) is 4.82. The van der Waals surface area contributed by atoms with E-state index in [1.807, 2.05) is 20.8 Å². The molecule has 0 N–H and O–H groups in total. The number of carbonyl (C=O) groups is 2. The average Bonchev–Trinajstić information content (AvgIpc) is 2.15. The minimum Gasteiger partial charge on any atom is -0.545 e. The van der Waals surface area contributed by atoms with Gasteiger partial charge in [-0.05, 0) is 17.9 Å². The number of carbonyl (C=O) groups excluding carboxylic acids is 2. The van der Waals surface area contributed by atoms with E-state index in [0.29, 0.717) is 11.1 Å². The first-order valence-electron chi connectivity index (χ1n) is 5.11. The van der Waals surface area contributed by atoms with Gasteiger partial charge in [0.05, 0.1) is 5.97 Å². The largest absolute Gasteiger partial charge is 1.00 e. The van der Waals surface area contributed by atoms with Gasteiger partial charge in [0.1, 0.15) is 0 Å². The molecule has 0 spiro atoms. The van der Waals surface area contributed by atoms with Gasteiger partial charge in [0.25, 0.3) is 0 Å². The topological polar surface area (TPSA) is 57.2 Å². The summed E-state index contributed by atoms with van der Waals surface area (Å²) in [6, 6.07) is 4.69. The summed E-state index contributed by atoms with van der Waals surface area (Å²) in [7, 11) is 0. The summed E-state index contributed by atoms with van der Waals surface area (Å²) in [5.41, 5.74) is 0.689. The van der Waals surface area contributed by atoms with Crippen molar-refractivity contribution in [3.8, 4) is 0 Å². The molecule has 0 aromatic heterocycles. The fraction of sp³-hybridized carbons (Fsp3) is 0.385. The number of carboxylic acid groups (broad SMARTS) is 1. The molecule has 0 amide bonds. The Bertz CT molecular complexity index is 412. The SMILES string of the molecule is CC(=O)c1cccc(C(=O)[O-])c1C(C)(C)C.[Na+]. The van der Waals surface area contributed by atoms with Crippen LogP contribution in [0.1, 0.15) is 54.0 Å². The fourth-order valence-electron chi connectivity index (χ4n) is 1.82. The molecule has 86 valence electrons. The van der Waals surface area contributed by atoms with Gasteiger partial charge in [-0.1, -0.05) is 39.0 Å². The molecule has 1 aromatic rings. The van der Waals surface area contributed by atoms with Crippen LogP contribution < -0.4 is 34.7 Å². The Hall–Kier alpha value is -0.640. The number of aromatic carboxylic acids is 1. The summed E-state index contributed by atoms with van der Waals surface area (Å²) >= 11 is 0. The molecule has 0 saturated carbocycles. The Morgan fingerprint density at radius 2 is 1.59 bits per heavy atom. The van der Waals surface area contributed by atoms with Crippen molar-refractivity contribution in [1.82, 2.24) is 0 Å². The minimum absolute atomic E-state index is 0. The molecule has 0 fully saturated rings. The van der Waals surface area contributed by atoms with E-state index in [4.69, 9.17) is 0 Å². The molecule has 0 aliphatic rings. The third-order valence-electron chi connectivity index (χ3n) is 2.41. The van der Waals surface area contributed by atoms with E-state index in [0.717, 1.165) is 0 Å². The maximum atomic E-state index is 11.5. The first-order valence-corrected chi connectivity index (χ1v) is 5.11. The molecule has 0 atom stereocenters. The Morgan fingerprint density at radius 3 is 1.94 bits per heavy atom.